The highest BCUT2D eigenvalue weighted by molar-refractivity contribution is 5.18. The maximum atomic E-state index is 13.0. The van der Waals surface area contributed by atoms with E-state index >= 15 is 0 Å². The van der Waals surface area contributed by atoms with Gasteiger partial charge >= 0.3 is 0 Å². The molecule has 0 radical (unpaired) electrons. The summed E-state index contributed by atoms with van der Waals surface area (Å²) in [6.07, 6.45) is 2.37. The Bertz CT molecular complexity index is 364. The van der Waals surface area contributed by atoms with E-state index in [1.54, 1.807) is 6.07 Å². The third-order valence-corrected chi connectivity index (χ3v) is 2.85. The maximum absolute atomic E-state index is 13.0. The predicted molar refractivity (Wildman–Crippen MR) is 58.8 cm³/mol. The van der Waals surface area contributed by atoms with Crippen LogP contribution in [0.15, 0.2) is 18.2 Å². The second-order valence-electron chi connectivity index (χ2n) is 4.24. The number of hydrogen-bond donors (Lipinski definition) is 1. The van der Waals surface area contributed by atoms with Gasteiger partial charge in [-0.15, -0.1) is 0 Å². The summed E-state index contributed by atoms with van der Waals surface area (Å²) in [5, 5.41) is 0. The van der Waals surface area contributed by atoms with Crippen LogP contribution in [0.2, 0.25) is 0 Å². The van der Waals surface area contributed by atoms with E-state index in [2.05, 4.69) is 4.90 Å². The van der Waals surface area contributed by atoms with Crippen molar-refractivity contribution in [3.63, 3.8) is 0 Å². The van der Waals surface area contributed by atoms with E-state index in [-0.39, 0.29) is 0 Å². The topological polar surface area (TPSA) is 29.3 Å². The van der Waals surface area contributed by atoms with E-state index in [9.17, 15) is 8.78 Å². The van der Waals surface area contributed by atoms with Gasteiger partial charge in [0.1, 0.15) is 0 Å². The van der Waals surface area contributed by atoms with Crippen LogP contribution in [-0.2, 0) is 6.54 Å². The Hall–Kier alpha value is -1.00. The van der Waals surface area contributed by atoms with E-state index in [0.29, 0.717) is 19.1 Å². The molecular formula is C12H16F2N2. The van der Waals surface area contributed by atoms with Crippen LogP contribution < -0.4 is 5.73 Å². The Balaban J connectivity index is 2.03. The first-order chi connectivity index (χ1) is 7.70. The molecule has 0 bridgehead atoms. The maximum Gasteiger partial charge on any atom is 0.159 e. The van der Waals surface area contributed by atoms with Crippen LogP contribution in [0.3, 0.4) is 0 Å². The van der Waals surface area contributed by atoms with Gasteiger partial charge in [-0.05, 0) is 30.5 Å². The fourth-order valence-corrected chi connectivity index (χ4v) is 1.87. The van der Waals surface area contributed by atoms with Gasteiger partial charge in [0.05, 0.1) is 0 Å². The number of rotatable bonds is 5. The van der Waals surface area contributed by atoms with Crippen molar-refractivity contribution in [1.82, 2.24) is 4.90 Å². The fraction of sp³-hybridized carbons (Fsp3) is 0.500. The van der Waals surface area contributed by atoms with Crippen molar-refractivity contribution in [1.29, 1.82) is 0 Å². The molecule has 0 aromatic heterocycles. The van der Waals surface area contributed by atoms with Gasteiger partial charge in [-0.1, -0.05) is 6.07 Å². The minimum Gasteiger partial charge on any atom is -0.329 e. The highest BCUT2D eigenvalue weighted by Crippen LogP contribution is 2.28. The molecule has 4 heteroatoms. The second kappa shape index (κ2) is 4.89. The molecule has 2 N–H and O–H groups in total. The number of nitrogens with two attached hydrogens (primary N) is 1. The van der Waals surface area contributed by atoms with Gasteiger partial charge in [0.2, 0.25) is 0 Å². The highest BCUT2D eigenvalue weighted by Gasteiger charge is 2.28. The van der Waals surface area contributed by atoms with Crippen LogP contribution in [0.4, 0.5) is 8.78 Å². The normalized spacial score (nSPS) is 15.8. The molecule has 0 amide bonds. The number of benzene rings is 1. The largest absolute Gasteiger partial charge is 0.329 e. The van der Waals surface area contributed by atoms with Crippen molar-refractivity contribution in [2.24, 2.45) is 5.73 Å². The summed E-state index contributed by atoms with van der Waals surface area (Å²) in [5.41, 5.74) is 6.33. The summed E-state index contributed by atoms with van der Waals surface area (Å²) < 4.78 is 25.8. The average molecular weight is 226 g/mol. The van der Waals surface area contributed by atoms with Crippen LogP contribution in [0.25, 0.3) is 0 Å². The van der Waals surface area contributed by atoms with Gasteiger partial charge in [-0.2, -0.15) is 0 Å². The van der Waals surface area contributed by atoms with E-state index in [0.717, 1.165) is 12.1 Å². The summed E-state index contributed by atoms with van der Waals surface area (Å²) in [6, 6.07) is 4.65. The zero-order valence-corrected chi connectivity index (χ0v) is 9.13. The van der Waals surface area contributed by atoms with Crippen molar-refractivity contribution in [2.75, 3.05) is 13.1 Å². The molecule has 1 aliphatic rings. The lowest BCUT2D eigenvalue weighted by Gasteiger charge is -2.21. The Kier molecular flexibility index (Phi) is 3.51. The summed E-state index contributed by atoms with van der Waals surface area (Å²) in [4.78, 5) is 2.23. The molecule has 2 rings (SSSR count). The monoisotopic (exact) mass is 226 g/mol. The molecule has 0 spiro atoms. The van der Waals surface area contributed by atoms with Gasteiger partial charge in [0.25, 0.3) is 0 Å². The van der Waals surface area contributed by atoms with E-state index in [4.69, 9.17) is 5.73 Å². The number of nitrogens with zero attached hydrogens (tertiary/aromatic N) is 1. The van der Waals surface area contributed by atoms with Crippen molar-refractivity contribution in [3.8, 4) is 0 Å². The van der Waals surface area contributed by atoms with Crippen LogP contribution in [0.1, 0.15) is 18.4 Å². The van der Waals surface area contributed by atoms with Gasteiger partial charge < -0.3 is 5.73 Å². The lowest BCUT2D eigenvalue weighted by Crippen LogP contribution is -2.31. The molecule has 2 nitrogen and oxygen atoms in total. The van der Waals surface area contributed by atoms with Crippen molar-refractivity contribution >= 4 is 0 Å². The molecule has 1 aromatic carbocycles. The van der Waals surface area contributed by atoms with E-state index < -0.39 is 11.6 Å². The molecule has 88 valence electrons. The molecule has 0 atom stereocenters. The Morgan fingerprint density at radius 3 is 2.56 bits per heavy atom. The second-order valence-corrected chi connectivity index (χ2v) is 4.24. The zero-order valence-electron chi connectivity index (χ0n) is 9.13. The molecule has 1 aliphatic carbocycles. The van der Waals surface area contributed by atoms with E-state index in [1.165, 1.54) is 25.0 Å². The first-order valence-electron chi connectivity index (χ1n) is 5.58. The molecule has 16 heavy (non-hydrogen) atoms. The van der Waals surface area contributed by atoms with Crippen LogP contribution in [0.5, 0.6) is 0 Å². The molecule has 1 fully saturated rings. The molecule has 0 heterocycles. The lowest BCUT2D eigenvalue weighted by molar-refractivity contribution is 0.262. The SMILES string of the molecule is NCCN(Cc1ccc(F)c(F)c1)C1CC1. The van der Waals surface area contributed by atoms with Crippen molar-refractivity contribution < 1.29 is 8.78 Å². The Morgan fingerprint density at radius 1 is 1.25 bits per heavy atom. The summed E-state index contributed by atoms with van der Waals surface area (Å²) in [6.45, 7) is 2.06. The smallest absolute Gasteiger partial charge is 0.159 e. The molecule has 0 saturated heterocycles. The standard InChI is InChI=1S/C12H16F2N2/c13-11-4-1-9(7-12(11)14)8-16(6-5-15)10-2-3-10/h1,4,7,10H,2-3,5-6,8,15H2. The zero-order chi connectivity index (χ0) is 11.5. The number of hydrogen-bond acceptors (Lipinski definition) is 2. The summed E-state index contributed by atoms with van der Waals surface area (Å²) in [7, 11) is 0. The lowest BCUT2D eigenvalue weighted by atomic mass is 10.2. The highest BCUT2D eigenvalue weighted by atomic mass is 19.2. The third-order valence-electron chi connectivity index (χ3n) is 2.85. The minimum atomic E-state index is -0.791. The summed E-state index contributed by atoms with van der Waals surface area (Å²) in [5.74, 6) is -1.57. The quantitative estimate of drug-likeness (QED) is 0.830. The Morgan fingerprint density at radius 2 is 2.00 bits per heavy atom. The van der Waals surface area contributed by atoms with Crippen molar-refractivity contribution in [2.45, 2.75) is 25.4 Å². The third kappa shape index (κ3) is 2.77. The van der Waals surface area contributed by atoms with Crippen LogP contribution >= 0.6 is 0 Å². The molecule has 1 aromatic rings. The predicted octanol–water partition coefficient (Wildman–Crippen LogP) is 1.89. The minimum absolute atomic E-state index is 0.580. The molecule has 0 unspecified atom stereocenters. The van der Waals surface area contributed by atoms with Crippen molar-refractivity contribution in [3.05, 3.63) is 35.4 Å². The van der Waals surface area contributed by atoms with Gasteiger partial charge in [0, 0.05) is 25.7 Å². The average Bonchev–Trinajstić information content (AvgIpc) is 3.06. The summed E-state index contributed by atoms with van der Waals surface area (Å²) >= 11 is 0. The van der Waals surface area contributed by atoms with Crippen LogP contribution in [-0.4, -0.2) is 24.0 Å². The first kappa shape index (κ1) is 11.5. The molecule has 0 aliphatic heterocycles. The first-order valence-corrected chi connectivity index (χ1v) is 5.58. The molecule has 1 saturated carbocycles. The van der Waals surface area contributed by atoms with Gasteiger partial charge in [-0.25, -0.2) is 8.78 Å². The Labute approximate surface area is 94.0 Å². The molecular weight excluding hydrogens is 210 g/mol. The number of halogens is 2. The van der Waals surface area contributed by atoms with Gasteiger partial charge in [0.15, 0.2) is 11.6 Å². The van der Waals surface area contributed by atoms with Crippen LogP contribution in [0, 0.1) is 11.6 Å². The van der Waals surface area contributed by atoms with Gasteiger partial charge in [-0.3, -0.25) is 4.90 Å². The van der Waals surface area contributed by atoms with E-state index in [1.807, 2.05) is 0 Å². The fourth-order valence-electron chi connectivity index (χ4n) is 1.87.